The van der Waals surface area contributed by atoms with Crippen molar-refractivity contribution >= 4 is 39.2 Å². The lowest BCUT2D eigenvalue weighted by Gasteiger charge is -2.39. The van der Waals surface area contributed by atoms with Crippen LogP contribution in [0.3, 0.4) is 0 Å². The number of hydrogen-bond donors (Lipinski definition) is 0. The zero-order valence-corrected chi connectivity index (χ0v) is 19.8. The van der Waals surface area contributed by atoms with E-state index in [4.69, 9.17) is 4.98 Å². The van der Waals surface area contributed by atoms with Crippen LogP contribution < -0.4 is 5.56 Å². The second-order valence-corrected chi connectivity index (χ2v) is 10.9. The smallest absolute Gasteiger partial charge is 0.263 e. The number of amides is 1. The molecule has 1 saturated heterocycles. The lowest BCUT2D eigenvalue weighted by molar-refractivity contribution is -0.134. The predicted molar refractivity (Wildman–Crippen MR) is 126 cm³/mol. The highest BCUT2D eigenvalue weighted by molar-refractivity contribution is 7.99. The van der Waals surface area contributed by atoms with Crippen molar-refractivity contribution in [1.82, 2.24) is 14.5 Å². The molecule has 0 bridgehead atoms. The lowest BCUT2D eigenvalue weighted by Crippen LogP contribution is -2.48. The molecule has 0 N–H and O–H groups in total. The summed E-state index contributed by atoms with van der Waals surface area (Å²) < 4.78 is 1.70. The minimum absolute atomic E-state index is 0.0154. The molecule has 0 aromatic carbocycles. The number of allylic oxidation sites excluding steroid dienone is 1. The van der Waals surface area contributed by atoms with Crippen LogP contribution in [0.15, 0.2) is 22.6 Å². The van der Waals surface area contributed by atoms with Gasteiger partial charge in [0.2, 0.25) is 5.91 Å². The number of nitrogens with zero attached hydrogens (tertiary/aromatic N) is 3. The zero-order valence-electron chi connectivity index (χ0n) is 18.1. The van der Waals surface area contributed by atoms with E-state index < -0.39 is 0 Å². The first-order chi connectivity index (χ1) is 14.4. The predicted octanol–water partition coefficient (Wildman–Crippen LogP) is 4.65. The molecule has 2 aromatic heterocycles. The molecular weight excluding hydrogens is 414 g/mol. The number of rotatable bonds is 5. The number of thiophene rings is 1. The largest absolute Gasteiger partial charge is 0.337 e. The van der Waals surface area contributed by atoms with Crippen LogP contribution in [0.25, 0.3) is 10.2 Å². The summed E-state index contributed by atoms with van der Waals surface area (Å²) in [6, 6.07) is 0.553. The summed E-state index contributed by atoms with van der Waals surface area (Å²) in [7, 11) is 0. The van der Waals surface area contributed by atoms with Crippen LogP contribution in [-0.4, -0.2) is 38.2 Å². The number of carbonyl (C=O) groups excluding carboxylic acids is 1. The molecule has 1 aliphatic heterocycles. The average Bonchev–Trinajstić information content (AvgIpc) is 3.06. The molecule has 2 aliphatic rings. The van der Waals surface area contributed by atoms with Gasteiger partial charge in [0.05, 0.1) is 11.1 Å². The Morgan fingerprint density at radius 2 is 2.00 bits per heavy atom. The summed E-state index contributed by atoms with van der Waals surface area (Å²) in [6.45, 7) is 10.8. The fraction of sp³-hybridized carbons (Fsp3) is 0.609. The number of thioether (sulfide) groups is 1. The number of carbonyl (C=O) groups is 1. The summed E-state index contributed by atoms with van der Waals surface area (Å²) in [5, 5.41) is 1.42. The van der Waals surface area contributed by atoms with Crippen LogP contribution in [0.2, 0.25) is 0 Å². The third-order valence-electron chi connectivity index (χ3n) is 6.50. The fourth-order valence-electron chi connectivity index (χ4n) is 4.92. The molecule has 0 radical (unpaired) electrons. The van der Waals surface area contributed by atoms with Gasteiger partial charge >= 0.3 is 0 Å². The Morgan fingerprint density at radius 3 is 2.70 bits per heavy atom. The number of aromatic nitrogens is 2. The second-order valence-electron chi connectivity index (χ2n) is 8.85. The van der Waals surface area contributed by atoms with Crippen LogP contribution in [0.4, 0.5) is 0 Å². The number of fused-ring (bicyclic) bond motifs is 3. The molecule has 3 atom stereocenters. The molecule has 1 aliphatic carbocycles. The molecule has 3 unspecified atom stereocenters. The average molecular weight is 446 g/mol. The molecule has 4 rings (SSSR count). The number of hydrogen-bond acceptors (Lipinski definition) is 5. The Kier molecular flexibility index (Phi) is 6.39. The van der Waals surface area contributed by atoms with Gasteiger partial charge < -0.3 is 4.90 Å². The molecule has 3 heterocycles. The third kappa shape index (κ3) is 3.98. The molecule has 0 spiro atoms. The molecule has 2 aromatic rings. The van der Waals surface area contributed by atoms with Gasteiger partial charge in [-0.3, -0.25) is 14.2 Å². The normalized spacial score (nSPS) is 24.1. The van der Waals surface area contributed by atoms with Gasteiger partial charge in [0, 0.05) is 23.5 Å². The van der Waals surface area contributed by atoms with Crippen LogP contribution in [0, 0.1) is 5.92 Å². The Hall–Kier alpha value is -1.60. The summed E-state index contributed by atoms with van der Waals surface area (Å²) in [4.78, 5) is 35.4. The maximum absolute atomic E-state index is 13.4. The second kappa shape index (κ2) is 8.87. The molecular formula is C23H31N3O2S2. The number of likely N-dealkylation sites (tertiary alicyclic amines) is 1. The van der Waals surface area contributed by atoms with E-state index in [1.54, 1.807) is 22.0 Å². The van der Waals surface area contributed by atoms with E-state index in [9.17, 15) is 9.59 Å². The molecule has 1 fully saturated rings. The zero-order chi connectivity index (χ0) is 21.4. The van der Waals surface area contributed by atoms with Crippen molar-refractivity contribution in [3.05, 3.63) is 33.4 Å². The van der Waals surface area contributed by atoms with Crippen molar-refractivity contribution in [3.63, 3.8) is 0 Å². The van der Waals surface area contributed by atoms with Crippen LogP contribution in [0.1, 0.15) is 56.9 Å². The highest BCUT2D eigenvalue weighted by Gasteiger charge is 2.29. The van der Waals surface area contributed by atoms with Crippen molar-refractivity contribution in [2.24, 2.45) is 5.92 Å². The SMILES string of the molecule is C=CCn1c(SCC(=O)N2C(C)CCCC2C)nc2sc3c(c2c1=O)CCC(C)C3. The Labute approximate surface area is 186 Å². The molecule has 0 saturated carbocycles. The van der Waals surface area contributed by atoms with Crippen LogP contribution >= 0.6 is 23.1 Å². The van der Waals surface area contributed by atoms with Gasteiger partial charge in [-0.15, -0.1) is 17.9 Å². The molecule has 30 heavy (non-hydrogen) atoms. The standard InChI is InChI=1S/C23H31N3O2S2/c1-5-11-25-22(28)20-17-10-9-14(2)12-18(17)30-21(20)24-23(25)29-13-19(27)26-15(3)7-6-8-16(26)4/h5,14-16H,1,6-13H2,2-4H3. The van der Waals surface area contributed by atoms with Gasteiger partial charge in [-0.1, -0.05) is 24.8 Å². The van der Waals surface area contributed by atoms with Crippen LogP contribution in [-0.2, 0) is 24.2 Å². The molecule has 1 amide bonds. The summed E-state index contributed by atoms with van der Waals surface area (Å²) in [5.74, 6) is 1.10. The highest BCUT2D eigenvalue weighted by atomic mass is 32.2. The lowest BCUT2D eigenvalue weighted by atomic mass is 9.89. The van der Waals surface area contributed by atoms with Gasteiger partial charge in [-0.25, -0.2) is 4.98 Å². The van der Waals surface area contributed by atoms with Crippen LogP contribution in [0.5, 0.6) is 0 Å². The van der Waals surface area contributed by atoms with E-state index in [0.717, 1.165) is 42.3 Å². The quantitative estimate of drug-likeness (QED) is 0.382. The van der Waals surface area contributed by atoms with Gasteiger partial charge in [-0.05, 0) is 63.9 Å². The van der Waals surface area contributed by atoms with Crippen molar-refractivity contribution in [1.29, 1.82) is 0 Å². The minimum atomic E-state index is 0.0154. The van der Waals surface area contributed by atoms with Gasteiger partial charge in [0.15, 0.2) is 5.16 Å². The van der Waals surface area contributed by atoms with E-state index in [0.29, 0.717) is 23.4 Å². The fourth-order valence-corrected chi connectivity index (χ4v) is 7.22. The summed E-state index contributed by atoms with van der Waals surface area (Å²) >= 11 is 3.05. The first-order valence-corrected chi connectivity index (χ1v) is 12.8. The Bertz CT molecular complexity index is 1020. The van der Waals surface area contributed by atoms with E-state index in [-0.39, 0.29) is 23.6 Å². The number of aryl methyl sites for hydroxylation is 1. The monoisotopic (exact) mass is 445 g/mol. The maximum Gasteiger partial charge on any atom is 0.263 e. The maximum atomic E-state index is 13.4. The minimum Gasteiger partial charge on any atom is -0.337 e. The number of piperidine rings is 1. The van der Waals surface area contributed by atoms with Gasteiger partial charge in [0.25, 0.3) is 5.56 Å². The van der Waals surface area contributed by atoms with E-state index in [1.165, 1.54) is 28.6 Å². The van der Waals surface area contributed by atoms with Gasteiger partial charge in [-0.2, -0.15) is 0 Å². The van der Waals surface area contributed by atoms with Crippen molar-refractivity contribution in [3.8, 4) is 0 Å². The van der Waals surface area contributed by atoms with E-state index in [1.807, 2.05) is 4.90 Å². The van der Waals surface area contributed by atoms with E-state index in [2.05, 4.69) is 27.4 Å². The van der Waals surface area contributed by atoms with Crippen molar-refractivity contribution in [2.45, 2.75) is 83.1 Å². The summed E-state index contributed by atoms with van der Waals surface area (Å²) in [5.41, 5.74) is 1.22. The van der Waals surface area contributed by atoms with Crippen molar-refractivity contribution < 1.29 is 4.79 Å². The Balaban J connectivity index is 1.65. The van der Waals surface area contributed by atoms with Gasteiger partial charge in [0.1, 0.15) is 4.83 Å². The van der Waals surface area contributed by atoms with E-state index >= 15 is 0 Å². The summed E-state index contributed by atoms with van der Waals surface area (Å²) in [6.07, 6.45) is 8.14. The highest BCUT2D eigenvalue weighted by Crippen LogP contribution is 2.36. The molecule has 162 valence electrons. The topological polar surface area (TPSA) is 55.2 Å². The first kappa shape index (κ1) is 21.6. The molecule has 5 nitrogen and oxygen atoms in total. The third-order valence-corrected chi connectivity index (χ3v) is 8.61. The first-order valence-electron chi connectivity index (χ1n) is 11.0. The van der Waals surface area contributed by atoms with Crippen molar-refractivity contribution in [2.75, 3.05) is 5.75 Å². The molecule has 7 heteroatoms. The Morgan fingerprint density at radius 1 is 1.27 bits per heavy atom.